The minimum Gasteiger partial charge on any atom is -0.406 e. The second kappa shape index (κ2) is 5.57. The fourth-order valence-corrected chi connectivity index (χ4v) is 2.29. The average molecular weight is 204 g/mol. The maximum atomic E-state index is 5.84. The second-order valence-electron chi connectivity index (χ2n) is 3.13. The Labute approximate surface area is 87.5 Å². The molecule has 0 aromatic heterocycles. The van der Waals surface area contributed by atoms with Gasteiger partial charge in [-0.1, -0.05) is 41.7 Å². The summed E-state index contributed by atoms with van der Waals surface area (Å²) in [4.78, 5) is 0. The lowest BCUT2D eigenvalue weighted by molar-refractivity contribution is 0.236. The van der Waals surface area contributed by atoms with E-state index in [4.69, 9.17) is 4.43 Å². The van der Waals surface area contributed by atoms with Crippen molar-refractivity contribution in [1.82, 2.24) is 0 Å². The number of rotatable bonds is 5. The van der Waals surface area contributed by atoms with Crippen molar-refractivity contribution < 1.29 is 4.43 Å². The van der Waals surface area contributed by atoms with Gasteiger partial charge < -0.3 is 4.43 Å². The van der Waals surface area contributed by atoms with Crippen LogP contribution in [0.25, 0.3) is 0 Å². The maximum absolute atomic E-state index is 5.84. The molecule has 1 aromatic rings. The fourth-order valence-electron chi connectivity index (χ4n) is 1.25. The molecule has 1 aromatic carbocycles. The van der Waals surface area contributed by atoms with E-state index < -0.39 is 9.04 Å². The van der Waals surface area contributed by atoms with Crippen molar-refractivity contribution in [2.45, 2.75) is 13.0 Å². The zero-order valence-corrected chi connectivity index (χ0v) is 9.67. The van der Waals surface area contributed by atoms with Crippen molar-refractivity contribution >= 4 is 9.04 Å². The maximum Gasteiger partial charge on any atom is 0.225 e. The molecule has 1 atom stereocenters. The Kier molecular flexibility index (Phi) is 4.36. The van der Waals surface area contributed by atoms with Crippen molar-refractivity contribution in [1.29, 1.82) is 0 Å². The smallest absolute Gasteiger partial charge is 0.225 e. The molecule has 0 heterocycles. The van der Waals surface area contributed by atoms with E-state index in [1.165, 1.54) is 5.56 Å². The van der Waals surface area contributed by atoms with Crippen LogP contribution >= 0.6 is 0 Å². The second-order valence-corrected chi connectivity index (χ2v) is 5.27. The summed E-state index contributed by atoms with van der Waals surface area (Å²) in [5.74, 6) is 0. The Morgan fingerprint density at radius 1 is 1.21 bits per heavy atom. The molecule has 74 valence electrons. The molecule has 0 radical (unpaired) electrons. The lowest BCUT2D eigenvalue weighted by Gasteiger charge is -2.16. The van der Waals surface area contributed by atoms with Crippen LogP contribution < -0.4 is 0 Å². The molecule has 0 saturated heterocycles. The van der Waals surface area contributed by atoms with Crippen LogP contribution in [-0.2, 0) is 4.43 Å². The molecule has 1 unspecified atom stereocenters. The molecule has 1 rings (SSSR count). The van der Waals surface area contributed by atoms with Crippen LogP contribution in [0.5, 0.6) is 0 Å². The first-order valence-corrected chi connectivity index (χ1v) is 6.54. The Balaban J connectivity index is 2.62. The van der Waals surface area contributed by atoms with E-state index in [9.17, 15) is 0 Å². The van der Waals surface area contributed by atoms with Crippen molar-refractivity contribution in [2.24, 2.45) is 0 Å². The fraction of sp³-hybridized carbons (Fsp3) is 0.167. The van der Waals surface area contributed by atoms with Gasteiger partial charge in [-0.2, -0.15) is 0 Å². The molecule has 0 N–H and O–H groups in total. The van der Waals surface area contributed by atoms with Gasteiger partial charge in [0.25, 0.3) is 0 Å². The number of benzene rings is 1. The van der Waals surface area contributed by atoms with Gasteiger partial charge in [0.1, 0.15) is 0 Å². The van der Waals surface area contributed by atoms with Gasteiger partial charge in [-0.25, -0.2) is 0 Å². The quantitative estimate of drug-likeness (QED) is 0.670. The normalized spacial score (nSPS) is 12.4. The summed E-state index contributed by atoms with van der Waals surface area (Å²) in [5.41, 5.74) is 4.97. The largest absolute Gasteiger partial charge is 0.406 e. The third kappa shape index (κ3) is 2.98. The van der Waals surface area contributed by atoms with Gasteiger partial charge in [-0.15, -0.1) is 13.2 Å². The number of hydrogen-bond acceptors (Lipinski definition) is 1. The zero-order valence-electron chi connectivity index (χ0n) is 8.52. The molecule has 0 fully saturated rings. The van der Waals surface area contributed by atoms with Gasteiger partial charge in [0.05, 0.1) is 6.10 Å². The molecule has 1 nitrogen and oxygen atoms in total. The highest BCUT2D eigenvalue weighted by molar-refractivity contribution is 6.62. The van der Waals surface area contributed by atoms with Crippen LogP contribution in [-0.4, -0.2) is 9.04 Å². The first-order chi connectivity index (χ1) is 6.77. The van der Waals surface area contributed by atoms with E-state index in [-0.39, 0.29) is 6.10 Å². The Morgan fingerprint density at radius 3 is 2.29 bits per heavy atom. The van der Waals surface area contributed by atoms with Gasteiger partial charge in [0, 0.05) is 0 Å². The summed E-state index contributed by atoms with van der Waals surface area (Å²) in [6, 6.07) is 10.2. The van der Waals surface area contributed by atoms with Crippen molar-refractivity contribution in [3.63, 3.8) is 0 Å². The topological polar surface area (TPSA) is 9.23 Å². The molecule has 14 heavy (non-hydrogen) atoms. The van der Waals surface area contributed by atoms with Gasteiger partial charge in [-0.05, 0) is 12.5 Å². The minimum absolute atomic E-state index is 0.129. The molecule has 0 bridgehead atoms. The van der Waals surface area contributed by atoms with Crippen molar-refractivity contribution in [2.75, 3.05) is 0 Å². The zero-order chi connectivity index (χ0) is 10.4. The van der Waals surface area contributed by atoms with Crippen LogP contribution in [0, 0.1) is 0 Å². The van der Waals surface area contributed by atoms with Crippen LogP contribution in [0.3, 0.4) is 0 Å². The molecule has 0 aliphatic rings. The van der Waals surface area contributed by atoms with E-state index in [1.807, 2.05) is 29.6 Å². The predicted molar refractivity (Wildman–Crippen MR) is 63.5 cm³/mol. The first kappa shape index (κ1) is 11.0. The van der Waals surface area contributed by atoms with Crippen LogP contribution in [0.15, 0.2) is 54.9 Å². The third-order valence-corrected chi connectivity index (χ3v) is 3.75. The van der Waals surface area contributed by atoms with Gasteiger partial charge in [0.2, 0.25) is 9.04 Å². The molecule has 0 saturated carbocycles. The van der Waals surface area contributed by atoms with Crippen LogP contribution in [0.2, 0.25) is 0 Å². The Morgan fingerprint density at radius 2 is 1.79 bits per heavy atom. The van der Waals surface area contributed by atoms with E-state index in [0.717, 1.165) is 0 Å². The van der Waals surface area contributed by atoms with Gasteiger partial charge in [0.15, 0.2) is 0 Å². The summed E-state index contributed by atoms with van der Waals surface area (Å²) in [5, 5.41) is 0. The minimum atomic E-state index is -1.39. The SMILES string of the molecule is C=C[SiH](C=C)OC(C)c1ccccc1. The standard InChI is InChI=1S/C12H16OSi/c1-4-14(5-2)13-11(3)12-9-7-6-8-10-12/h4-11,14H,1-2H2,3H3. The molecule has 0 spiro atoms. The van der Waals surface area contributed by atoms with E-state index >= 15 is 0 Å². The molecular formula is C12H16OSi. The summed E-state index contributed by atoms with van der Waals surface area (Å²) < 4.78 is 5.84. The number of hydrogen-bond donors (Lipinski definition) is 0. The molecule has 0 aliphatic heterocycles. The van der Waals surface area contributed by atoms with Crippen LogP contribution in [0.4, 0.5) is 0 Å². The highest BCUT2D eigenvalue weighted by Gasteiger charge is 2.09. The third-order valence-electron chi connectivity index (χ3n) is 2.09. The summed E-state index contributed by atoms with van der Waals surface area (Å²) in [6.07, 6.45) is 0.129. The Bertz CT molecular complexity index is 286. The summed E-state index contributed by atoms with van der Waals surface area (Å²) >= 11 is 0. The predicted octanol–water partition coefficient (Wildman–Crippen LogP) is 2.94. The average Bonchev–Trinajstić information content (AvgIpc) is 2.26. The first-order valence-electron chi connectivity index (χ1n) is 4.73. The Hall–Kier alpha value is -1.12. The summed E-state index contributed by atoms with van der Waals surface area (Å²) in [6.45, 7) is 9.55. The van der Waals surface area contributed by atoms with E-state index in [2.05, 4.69) is 32.2 Å². The molecular weight excluding hydrogens is 188 g/mol. The van der Waals surface area contributed by atoms with Gasteiger partial charge in [-0.3, -0.25) is 0 Å². The lowest BCUT2D eigenvalue weighted by atomic mass is 10.1. The molecule has 0 aliphatic carbocycles. The van der Waals surface area contributed by atoms with Crippen molar-refractivity contribution in [3.05, 3.63) is 60.5 Å². The summed E-state index contributed by atoms with van der Waals surface area (Å²) in [7, 11) is -1.39. The van der Waals surface area contributed by atoms with Gasteiger partial charge >= 0.3 is 0 Å². The van der Waals surface area contributed by atoms with Crippen LogP contribution in [0.1, 0.15) is 18.6 Å². The monoisotopic (exact) mass is 204 g/mol. The van der Waals surface area contributed by atoms with E-state index in [1.54, 1.807) is 0 Å². The highest BCUT2D eigenvalue weighted by atomic mass is 28.3. The van der Waals surface area contributed by atoms with E-state index in [0.29, 0.717) is 0 Å². The highest BCUT2D eigenvalue weighted by Crippen LogP contribution is 2.17. The molecule has 0 amide bonds. The molecule has 2 heteroatoms. The van der Waals surface area contributed by atoms with Crippen molar-refractivity contribution in [3.8, 4) is 0 Å². The lowest BCUT2D eigenvalue weighted by Crippen LogP contribution is -2.14.